The maximum Gasteiger partial charge on any atom is 0.335 e. The lowest BCUT2D eigenvalue weighted by atomic mass is 10.1. The first-order valence-corrected chi connectivity index (χ1v) is 6.24. The van der Waals surface area contributed by atoms with E-state index in [1.54, 1.807) is 0 Å². The van der Waals surface area contributed by atoms with E-state index >= 15 is 0 Å². The Kier molecular flexibility index (Phi) is 5.73. The third-order valence-electron chi connectivity index (χ3n) is 2.67. The highest BCUT2D eigenvalue weighted by Gasteiger charge is 2.28. The van der Waals surface area contributed by atoms with Gasteiger partial charge in [0.05, 0.1) is 6.08 Å². The Balaban J connectivity index is 2.30. The van der Waals surface area contributed by atoms with Crippen LogP contribution in [0.1, 0.15) is 52.4 Å². The molecule has 96 valence electrons. The molecule has 0 aromatic heterocycles. The van der Waals surface area contributed by atoms with E-state index in [1.807, 2.05) is 0 Å². The quantitative estimate of drug-likeness (QED) is 0.507. The van der Waals surface area contributed by atoms with Crippen molar-refractivity contribution in [2.24, 2.45) is 0 Å². The van der Waals surface area contributed by atoms with Gasteiger partial charge in [-0.25, -0.2) is 4.79 Å². The molecule has 0 amide bonds. The molecule has 0 bridgehead atoms. The highest BCUT2D eigenvalue weighted by Crippen LogP contribution is 2.22. The van der Waals surface area contributed by atoms with Crippen LogP contribution in [0.5, 0.6) is 0 Å². The van der Waals surface area contributed by atoms with Crippen LogP contribution in [0.15, 0.2) is 11.8 Å². The van der Waals surface area contributed by atoms with Gasteiger partial charge in [-0.15, -0.1) is 0 Å². The van der Waals surface area contributed by atoms with E-state index in [0.717, 1.165) is 19.3 Å². The molecule has 0 fully saturated rings. The van der Waals surface area contributed by atoms with Crippen molar-refractivity contribution in [3.63, 3.8) is 0 Å². The second kappa shape index (κ2) is 7.09. The van der Waals surface area contributed by atoms with Gasteiger partial charge in [-0.05, 0) is 12.8 Å². The number of cyclic esters (lactones) is 1. The average Bonchev–Trinajstić information content (AvgIpc) is 2.58. The van der Waals surface area contributed by atoms with Gasteiger partial charge < -0.3 is 9.47 Å². The Morgan fingerprint density at radius 1 is 1.35 bits per heavy atom. The maximum atomic E-state index is 11.1. The normalized spacial score (nSPS) is 18.8. The summed E-state index contributed by atoms with van der Waals surface area (Å²) in [6.07, 6.45) is 7.36. The fourth-order valence-electron chi connectivity index (χ4n) is 1.84. The van der Waals surface area contributed by atoms with Crippen molar-refractivity contribution in [3.05, 3.63) is 11.8 Å². The fraction of sp³-hybridized carbons (Fsp3) is 0.692. The number of carbonyl (C=O) groups excluding carboxylic acids is 2. The van der Waals surface area contributed by atoms with Gasteiger partial charge in [0.15, 0.2) is 11.9 Å². The number of rotatable bonds is 7. The van der Waals surface area contributed by atoms with Crippen LogP contribution in [0.2, 0.25) is 0 Å². The van der Waals surface area contributed by atoms with Gasteiger partial charge in [0.1, 0.15) is 0 Å². The van der Waals surface area contributed by atoms with Gasteiger partial charge in [0, 0.05) is 6.92 Å². The van der Waals surface area contributed by atoms with Crippen molar-refractivity contribution >= 4 is 11.9 Å². The standard InChI is InChI=1S/C13H20O4/c1-3-4-5-6-7-8-11-12(16-10(2)14)9-13(15)17-11/h9,11H,3-8H2,1-2H3/t11-/m1/s1. The number of unbranched alkanes of at least 4 members (excludes halogenated alkanes) is 4. The topological polar surface area (TPSA) is 52.6 Å². The molecule has 1 rings (SSSR count). The van der Waals surface area contributed by atoms with Gasteiger partial charge in [-0.3, -0.25) is 4.79 Å². The van der Waals surface area contributed by atoms with Crippen LogP contribution in [0.3, 0.4) is 0 Å². The second-order valence-corrected chi connectivity index (χ2v) is 4.27. The Labute approximate surface area is 102 Å². The van der Waals surface area contributed by atoms with Crippen LogP contribution in [0, 0.1) is 0 Å². The highest BCUT2D eigenvalue weighted by atomic mass is 16.6. The molecule has 4 nitrogen and oxygen atoms in total. The van der Waals surface area contributed by atoms with Crippen molar-refractivity contribution in [1.29, 1.82) is 0 Å². The molecule has 0 N–H and O–H groups in total. The summed E-state index contributed by atoms with van der Waals surface area (Å²) in [6.45, 7) is 3.49. The molecular weight excluding hydrogens is 220 g/mol. The molecule has 1 aliphatic heterocycles. The highest BCUT2D eigenvalue weighted by molar-refractivity contribution is 5.86. The molecule has 0 aliphatic carbocycles. The Hall–Kier alpha value is -1.32. The van der Waals surface area contributed by atoms with Crippen LogP contribution in [-0.4, -0.2) is 18.0 Å². The van der Waals surface area contributed by atoms with Crippen molar-refractivity contribution in [3.8, 4) is 0 Å². The molecule has 0 saturated heterocycles. The summed E-state index contributed by atoms with van der Waals surface area (Å²) in [7, 11) is 0. The molecule has 0 radical (unpaired) electrons. The van der Waals surface area contributed by atoms with Crippen LogP contribution >= 0.6 is 0 Å². The Bertz CT molecular complexity index is 307. The molecule has 1 atom stereocenters. The summed E-state index contributed by atoms with van der Waals surface area (Å²) >= 11 is 0. The first kappa shape index (κ1) is 13.7. The molecule has 4 heteroatoms. The smallest absolute Gasteiger partial charge is 0.335 e. The average molecular weight is 240 g/mol. The monoisotopic (exact) mass is 240 g/mol. The van der Waals surface area contributed by atoms with E-state index in [-0.39, 0.29) is 6.10 Å². The zero-order chi connectivity index (χ0) is 12.7. The first-order chi connectivity index (χ1) is 8.13. The van der Waals surface area contributed by atoms with Crippen LogP contribution in [0.25, 0.3) is 0 Å². The van der Waals surface area contributed by atoms with E-state index in [4.69, 9.17) is 9.47 Å². The lowest BCUT2D eigenvalue weighted by Gasteiger charge is -2.13. The van der Waals surface area contributed by atoms with Crippen LogP contribution < -0.4 is 0 Å². The van der Waals surface area contributed by atoms with E-state index in [9.17, 15) is 9.59 Å². The number of carbonyl (C=O) groups is 2. The molecule has 1 heterocycles. The molecule has 0 spiro atoms. The SMILES string of the molecule is CCCCCCC[C@H]1OC(=O)C=C1OC(C)=O. The minimum absolute atomic E-state index is 0.359. The Morgan fingerprint density at radius 2 is 2.06 bits per heavy atom. The third kappa shape index (κ3) is 5.02. The van der Waals surface area contributed by atoms with E-state index in [1.165, 1.54) is 32.3 Å². The zero-order valence-electron chi connectivity index (χ0n) is 10.5. The summed E-state index contributed by atoms with van der Waals surface area (Å²) in [5.74, 6) is -0.469. The number of hydrogen-bond acceptors (Lipinski definition) is 4. The molecular formula is C13H20O4. The Morgan fingerprint density at radius 3 is 2.71 bits per heavy atom. The molecule has 1 aliphatic rings. The maximum absolute atomic E-state index is 11.1. The molecule has 0 saturated carbocycles. The third-order valence-corrected chi connectivity index (χ3v) is 2.67. The molecule has 0 unspecified atom stereocenters. The van der Waals surface area contributed by atoms with Crippen molar-refractivity contribution in [2.45, 2.75) is 58.5 Å². The fourth-order valence-corrected chi connectivity index (χ4v) is 1.84. The molecule has 0 aromatic carbocycles. The summed E-state index contributed by atoms with van der Waals surface area (Å²) in [5, 5.41) is 0. The number of hydrogen-bond donors (Lipinski definition) is 0. The van der Waals surface area contributed by atoms with Gasteiger partial charge in [0.2, 0.25) is 0 Å². The van der Waals surface area contributed by atoms with Gasteiger partial charge in [-0.1, -0.05) is 32.6 Å². The van der Waals surface area contributed by atoms with Gasteiger partial charge >= 0.3 is 11.9 Å². The summed E-state index contributed by atoms with van der Waals surface area (Å²) < 4.78 is 10.0. The minimum atomic E-state index is -0.417. The van der Waals surface area contributed by atoms with E-state index < -0.39 is 11.9 Å². The molecule has 0 aromatic rings. The summed E-state index contributed by atoms with van der Waals surface area (Å²) in [4.78, 5) is 21.9. The van der Waals surface area contributed by atoms with Crippen molar-refractivity contribution in [2.75, 3.05) is 0 Å². The van der Waals surface area contributed by atoms with Gasteiger partial charge in [-0.2, -0.15) is 0 Å². The van der Waals surface area contributed by atoms with Crippen LogP contribution in [0.4, 0.5) is 0 Å². The zero-order valence-corrected chi connectivity index (χ0v) is 10.5. The first-order valence-electron chi connectivity index (χ1n) is 6.24. The lowest BCUT2D eigenvalue weighted by molar-refractivity contribution is -0.143. The predicted octanol–water partition coefficient (Wildman–Crippen LogP) is 2.72. The van der Waals surface area contributed by atoms with E-state index in [2.05, 4.69) is 6.92 Å². The van der Waals surface area contributed by atoms with Crippen molar-refractivity contribution < 1.29 is 19.1 Å². The predicted molar refractivity (Wildman–Crippen MR) is 63.1 cm³/mol. The summed E-state index contributed by atoms with van der Waals surface area (Å²) in [6, 6.07) is 0. The lowest BCUT2D eigenvalue weighted by Crippen LogP contribution is -2.15. The number of ether oxygens (including phenoxy) is 2. The molecule has 17 heavy (non-hydrogen) atoms. The number of esters is 2. The largest absolute Gasteiger partial charge is 0.451 e. The van der Waals surface area contributed by atoms with Crippen LogP contribution in [-0.2, 0) is 19.1 Å². The van der Waals surface area contributed by atoms with E-state index in [0.29, 0.717) is 5.76 Å². The van der Waals surface area contributed by atoms with Crippen molar-refractivity contribution in [1.82, 2.24) is 0 Å². The van der Waals surface area contributed by atoms with Gasteiger partial charge in [0.25, 0.3) is 0 Å². The minimum Gasteiger partial charge on any atom is -0.451 e. The summed E-state index contributed by atoms with van der Waals surface area (Å²) in [5.41, 5.74) is 0. The second-order valence-electron chi connectivity index (χ2n) is 4.27.